The van der Waals surface area contributed by atoms with Crippen LogP contribution in [0, 0.1) is 0 Å². The third-order valence-electron chi connectivity index (χ3n) is 15.1. The van der Waals surface area contributed by atoms with Gasteiger partial charge in [0.25, 0.3) is 0 Å². The van der Waals surface area contributed by atoms with E-state index in [2.05, 4.69) is 161 Å². The molecule has 0 bridgehead atoms. The van der Waals surface area contributed by atoms with Crippen molar-refractivity contribution in [3.8, 4) is 0 Å². The number of hydrogen-bond acceptors (Lipinski definition) is 15. The Morgan fingerprint density at radius 2 is 0.531 bits per heavy atom. The molecule has 98 heavy (non-hydrogen) atoms. The van der Waals surface area contributed by atoms with Gasteiger partial charge in [-0.2, -0.15) is 0 Å². The number of carbonyl (C=O) groups is 4. The van der Waals surface area contributed by atoms with Crippen molar-refractivity contribution in [3.05, 3.63) is 134 Å². The third-order valence-corrected chi connectivity index (χ3v) is 17.0. The average Bonchev–Trinajstić information content (AvgIpc) is 0.959. The van der Waals surface area contributed by atoms with Crippen molar-refractivity contribution in [2.45, 2.75) is 303 Å². The molecular formula is C79H132O17P2. The van der Waals surface area contributed by atoms with Gasteiger partial charge in [-0.05, 0) is 154 Å². The molecule has 0 amide bonds. The average molecular weight is 1420 g/mol. The summed E-state index contributed by atoms with van der Waals surface area (Å²) in [6, 6.07) is 0. The third kappa shape index (κ3) is 69.7. The highest BCUT2D eigenvalue weighted by molar-refractivity contribution is 7.47. The van der Waals surface area contributed by atoms with Crippen molar-refractivity contribution in [1.29, 1.82) is 0 Å². The molecule has 0 aliphatic rings. The van der Waals surface area contributed by atoms with Gasteiger partial charge in [0.15, 0.2) is 12.2 Å². The van der Waals surface area contributed by atoms with Crippen molar-refractivity contribution >= 4 is 39.5 Å². The molecule has 560 valence electrons. The Morgan fingerprint density at radius 3 is 0.847 bits per heavy atom. The number of phosphoric acid groups is 2. The first kappa shape index (κ1) is 93.2. The first-order chi connectivity index (χ1) is 47.7. The van der Waals surface area contributed by atoms with Crippen LogP contribution in [0.25, 0.3) is 0 Å². The van der Waals surface area contributed by atoms with E-state index in [9.17, 15) is 43.2 Å². The Hall–Kier alpha value is -4.80. The van der Waals surface area contributed by atoms with Crippen LogP contribution >= 0.6 is 15.6 Å². The number of carbonyl (C=O) groups excluding carboxylic acids is 4. The summed E-state index contributed by atoms with van der Waals surface area (Å²) in [4.78, 5) is 72.8. The maximum Gasteiger partial charge on any atom is 0.472 e. The summed E-state index contributed by atoms with van der Waals surface area (Å²) >= 11 is 0. The number of hydrogen-bond donors (Lipinski definition) is 3. The molecule has 0 radical (unpaired) electrons. The van der Waals surface area contributed by atoms with Crippen LogP contribution in [0.3, 0.4) is 0 Å². The molecule has 0 rings (SSSR count). The summed E-state index contributed by atoms with van der Waals surface area (Å²) in [7, 11) is -9.98. The Balaban J connectivity index is 5.42. The molecule has 0 aliphatic heterocycles. The predicted octanol–water partition coefficient (Wildman–Crippen LogP) is 21.3. The lowest BCUT2D eigenvalue weighted by Gasteiger charge is -2.21. The van der Waals surface area contributed by atoms with Gasteiger partial charge >= 0.3 is 39.5 Å². The monoisotopic (exact) mass is 1410 g/mol. The number of aliphatic hydroxyl groups excluding tert-OH is 1. The van der Waals surface area contributed by atoms with Crippen molar-refractivity contribution in [2.75, 3.05) is 39.6 Å². The fourth-order valence-electron chi connectivity index (χ4n) is 9.47. The van der Waals surface area contributed by atoms with E-state index in [0.29, 0.717) is 25.7 Å². The minimum Gasteiger partial charge on any atom is -0.462 e. The number of ether oxygens (including phenoxy) is 4. The zero-order chi connectivity index (χ0) is 71.8. The van der Waals surface area contributed by atoms with Gasteiger partial charge in [-0.25, -0.2) is 9.13 Å². The van der Waals surface area contributed by atoms with Gasteiger partial charge in [0.2, 0.25) is 0 Å². The summed E-state index contributed by atoms with van der Waals surface area (Å²) < 4.78 is 68.4. The number of phosphoric ester groups is 2. The van der Waals surface area contributed by atoms with Crippen LogP contribution in [-0.2, 0) is 65.4 Å². The molecule has 5 unspecified atom stereocenters. The highest BCUT2D eigenvalue weighted by atomic mass is 31.2. The summed E-state index contributed by atoms with van der Waals surface area (Å²) in [5, 5.41) is 10.6. The van der Waals surface area contributed by atoms with Crippen LogP contribution in [0.1, 0.15) is 285 Å². The number of unbranched alkanes of at least 4 members (excludes halogenated alkanes) is 21. The highest BCUT2D eigenvalue weighted by Gasteiger charge is 2.30. The smallest absolute Gasteiger partial charge is 0.462 e. The molecule has 0 saturated carbocycles. The molecule has 0 saturated heterocycles. The lowest BCUT2D eigenvalue weighted by Crippen LogP contribution is -2.30. The van der Waals surface area contributed by atoms with Gasteiger partial charge in [0.05, 0.1) is 26.4 Å². The second kappa shape index (κ2) is 70.6. The molecule has 0 spiro atoms. The van der Waals surface area contributed by atoms with Crippen LogP contribution in [0.15, 0.2) is 134 Å². The second-order valence-corrected chi connectivity index (χ2v) is 27.3. The van der Waals surface area contributed by atoms with Crippen molar-refractivity contribution in [1.82, 2.24) is 0 Å². The zero-order valence-electron chi connectivity index (χ0n) is 60.9. The minimum absolute atomic E-state index is 0.0672. The molecule has 0 aliphatic carbocycles. The molecule has 0 fully saturated rings. The van der Waals surface area contributed by atoms with E-state index in [1.165, 1.54) is 25.7 Å². The Kier molecular flexibility index (Phi) is 67.2. The van der Waals surface area contributed by atoms with Crippen LogP contribution in [0.5, 0.6) is 0 Å². The van der Waals surface area contributed by atoms with Gasteiger partial charge in [-0.1, -0.05) is 238 Å². The minimum atomic E-state index is -4.99. The molecule has 5 atom stereocenters. The lowest BCUT2D eigenvalue weighted by molar-refractivity contribution is -0.161. The molecular weight excluding hydrogens is 1280 g/mol. The van der Waals surface area contributed by atoms with Crippen LogP contribution in [0.2, 0.25) is 0 Å². The standard InChI is InChI=1S/C79H132O17P2/c1-5-9-13-17-21-25-29-33-36-40-43-47-51-55-59-63-76(81)89-69-74(95-78(83)65-61-57-53-49-45-39-32-28-24-20-16-12-8-4)71-93-97(85,86)91-67-73(80)68-92-98(87,88)94-72-75(96-79(84)66-62-58-54-50-46-42-38-35-31-27-23-19-15-11-7-3)70-90-77(82)64-60-56-52-48-44-41-37-34-30-26-22-18-14-10-6-2/h9-11,13-15,21-23,25-28,32-38,43,47,73-75,80H,5-8,12,16-20,24,29-31,39-42,44-46,48-72H2,1-4H3,(H,85,86)(H,87,88)/b13-9-,14-10-,15-11-,25-21-,26-22-,27-23-,32-28-,36-33-,37-34-,38-35-,47-43-. The molecule has 0 aromatic rings. The Morgan fingerprint density at radius 1 is 0.296 bits per heavy atom. The van der Waals surface area contributed by atoms with E-state index in [4.69, 9.17) is 37.0 Å². The number of rotatable bonds is 69. The predicted molar refractivity (Wildman–Crippen MR) is 399 cm³/mol. The number of esters is 4. The van der Waals surface area contributed by atoms with Gasteiger partial charge in [-0.15, -0.1) is 0 Å². The fraction of sp³-hybridized carbons (Fsp3) is 0.671. The van der Waals surface area contributed by atoms with Crippen LogP contribution < -0.4 is 0 Å². The summed E-state index contributed by atoms with van der Waals surface area (Å²) in [6.45, 7) is 4.41. The quantitative estimate of drug-likeness (QED) is 0.0169. The molecule has 0 aromatic heterocycles. The largest absolute Gasteiger partial charge is 0.472 e. The normalized spacial score (nSPS) is 14.7. The maximum atomic E-state index is 13.1. The van der Waals surface area contributed by atoms with E-state index in [1.807, 2.05) is 0 Å². The summed E-state index contributed by atoms with van der Waals surface area (Å²) in [6.07, 6.45) is 77.4. The Labute approximate surface area is 593 Å². The maximum absolute atomic E-state index is 13.1. The zero-order valence-corrected chi connectivity index (χ0v) is 62.7. The van der Waals surface area contributed by atoms with E-state index >= 15 is 0 Å². The van der Waals surface area contributed by atoms with E-state index in [0.717, 1.165) is 180 Å². The second-order valence-electron chi connectivity index (χ2n) is 24.4. The summed E-state index contributed by atoms with van der Waals surface area (Å²) in [5.41, 5.74) is 0. The molecule has 17 nitrogen and oxygen atoms in total. The molecule has 19 heteroatoms. The van der Waals surface area contributed by atoms with Crippen molar-refractivity contribution < 1.29 is 80.2 Å². The number of allylic oxidation sites excluding steroid dienone is 22. The van der Waals surface area contributed by atoms with Crippen molar-refractivity contribution in [3.63, 3.8) is 0 Å². The van der Waals surface area contributed by atoms with Gasteiger partial charge in [0.1, 0.15) is 19.3 Å². The van der Waals surface area contributed by atoms with E-state index in [-0.39, 0.29) is 25.7 Å². The topological polar surface area (TPSA) is 237 Å². The molecule has 0 heterocycles. The van der Waals surface area contributed by atoms with E-state index in [1.54, 1.807) is 0 Å². The Bertz CT molecular complexity index is 2380. The highest BCUT2D eigenvalue weighted by Crippen LogP contribution is 2.45. The first-order valence-electron chi connectivity index (χ1n) is 37.4. The van der Waals surface area contributed by atoms with Gasteiger partial charge in [0, 0.05) is 25.7 Å². The number of aliphatic hydroxyl groups is 1. The van der Waals surface area contributed by atoms with Crippen LogP contribution in [-0.4, -0.2) is 96.7 Å². The van der Waals surface area contributed by atoms with Gasteiger partial charge in [-0.3, -0.25) is 37.3 Å². The SMILES string of the molecule is CC/C=C\C/C=C\C/C=C\C/C=C\CCCCC(=O)OCC(COP(=O)(O)OCC(O)COP(=O)(O)OCC(COC(=O)CCCCCCC/C=C\C/C=C\C/C=C\CC)OC(=O)CCCCCCC/C=C\C/C=C\C/C=C\CC)OC(=O)CCCCCCC/C=C\CCCCCC. The molecule has 3 N–H and O–H groups in total. The lowest BCUT2D eigenvalue weighted by atomic mass is 10.1. The molecule has 0 aromatic carbocycles. The van der Waals surface area contributed by atoms with Crippen molar-refractivity contribution in [2.24, 2.45) is 0 Å². The van der Waals surface area contributed by atoms with Crippen LogP contribution in [0.4, 0.5) is 0 Å². The fourth-order valence-corrected chi connectivity index (χ4v) is 11.0. The summed E-state index contributed by atoms with van der Waals surface area (Å²) in [5.74, 6) is -2.27. The van der Waals surface area contributed by atoms with Gasteiger partial charge < -0.3 is 33.8 Å². The first-order valence-corrected chi connectivity index (χ1v) is 40.4. The van der Waals surface area contributed by atoms with E-state index < -0.39 is 97.5 Å².